The van der Waals surface area contributed by atoms with Crippen LogP contribution in [0.15, 0.2) is 55.0 Å². The van der Waals surface area contributed by atoms with Crippen LogP contribution in [-0.4, -0.2) is 72.5 Å². The summed E-state index contributed by atoms with van der Waals surface area (Å²) in [5.41, 5.74) is 12.3. The van der Waals surface area contributed by atoms with E-state index in [4.69, 9.17) is 44.1 Å². The molecule has 2 aliphatic carbocycles. The van der Waals surface area contributed by atoms with Gasteiger partial charge < -0.3 is 31.2 Å². The molecule has 2 amide bonds. The second-order valence-corrected chi connectivity index (χ2v) is 18.5. The zero-order valence-corrected chi connectivity index (χ0v) is 37.2. The van der Waals surface area contributed by atoms with Crippen molar-refractivity contribution in [2.45, 2.75) is 103 Å². The predicted molar refractivity (Wildman–Crippen MR) is 235 cm³/mol. The summed E-state index contributed by atoms with van der Waals surface area (Å²) in [6.07, 6.45) is 2.57. The standard InChI is InChI=1S/C45H47Cl2F4N9O5/c1-23(37-31(46)10-11-32(48)39(37)47)64-36-16-24(20-54-41(36)52)25-21-55-59(22-25)27-12-14-58(15-13-27)43(63)65-29-7-4-26(5-8-29)56-33-17-28(6-9-30(33)42(53)62)60-34-18-44(2,3)19-35(61)38(34)40(57-60)45(49,50)51/h6,9-11,16-17,20-23,26-27,29,56H,4-5,7-8,12-15,18-19H2,1-3H3,(H2,52,54)(H2,53,62)/t23?,26-,29-. The van der Waals surface area contributed by atoms with Gasteiger partial charge in [-0.2, -0.15) is 23.4 Å². The van der Waals surface area contributed by atoms with Gasteiger partial charge in [-0.1, -0.05) is 37.0 Å². The fourth-order valence-electron chi connectivity index (χ4n) is 8.99. The van der Waals surface area contributed by atoms with Gasteiger partial charge in [-0.05, 0) is 93.7 Å². The molecular weight excluding hydrogens is 893 g/mol. The van der Waals surface area contributed by atoms with E-state index >= 15 is 0 Å². The first-order valence-corrected chi connectivity index (χ1v) is 22.0. The van der Waals surface area contributed by atoms with Gasteiger partial charge in [0.1, 0.15) is 18.0 Å². The zero-order valence-electron chi connectivity index (χ0n) is 35.7. The summed E-state index contributed by atoms with van der Waals surface area (Å²) in [6.45, 7) is 6.24. The monoisotopic (exact) mass is 939 g/mol. The van der Waals surface area contributed by atoms with Gasteiger partial charge in [0.05, 0.1) is 39.8 Å². The third kappa shape index (κ3) is 9.60. The number of nitrogens with two attached hydrogens (primary N) is 2. The van der Waals surface area contributed by atoms with Crippen LogP contribution in [0.3, 0.4) is 0 Å². The van der Waals surface area contributed by atoms with Gasteiger partial charge in [0.25, 0.3) is 5.91 Å². The number of ether oxygens (including phenoxy) is 2. The van der Waals surface area contributed by atoms with Crippen molar-refractivity contribution < 1.29 is 41.4 Å². The van der Waals surface area contributed by atoms with Crippen molar-refractivity contribution in [2.24, 2.45) is 11.1 Å². The van der Waals surface area contributed by atoms with Gasteiger partial charge >= 0.3 is 12.3 Å². The number of halogens is 6. The average Bonchev–Trinajstić information content (AvgIpc) is 3.90. The first kappa shape index (κ1) is 45.7. The van der Waals surface area contributed by atoms with E-state index in [0.717, 1.165) is 10.2 Å². The van der Waals surface area contributed by atoms with E-state index < -0.39 is 52.6 Å². The smallest absolute Gasteiger partial charge is 0.435 e. The molecule has 1 saturated carbocycles. The SMILES string of the molecule is CC(Oc1cc(-c2cnn(C3CCN(C(=O)O[C@H]4CC[C@H](Nc5cc(-n6nc(C(F)(F)F)c7c6CC(C)(C)CC7=O)ccc5C(N)=O)CC4)CC3)c2)cnc1N)c1c(Cl)ccc(F)c1Cl. The largest absolute Gasteiger partial charge is 0.482 e. The number of likely N-dealkylation sites (tertiary alicyclic amines) is 1. The number of carbonyl (C=O) groups is 3. The Morgan fingerprint density at radius 3 is 2.40 bits per heavy atom. The van der Waals surface area contributed by atoms with Crippen molar-refractivity contribution in [3.8, 4) is 22.6 Å². The van der Waals surface area contributed by atoms with Crippen molar-refractivity contribution in [1.82, 2.24) is 29.4 Å². The van der Waals surface area contributed by atoms with E-state index in [1.165, 1.54) is 30.3 Å². The molecule has 1 unspecified atom stereocenters. The Morgan fingerprint density at radius 2 is 1.71 bits per heavy atom. The lowest BCUT2D eigenvalue weighted by Crippen LogP contribution is -2.41. The molecule has 2 aromatic carbocycles. The molecule has 344 valence electrons. The quantitative estimate of drug-likeness (QED) is 0.0899. The summed E-state index contributed by atoms with van der Waals surface area (Å²) in [4.78, 5) is 44.8. The highest BCUT2D eigenvalue weighted by molar-refractivity contribution is 6.36. The number of Topliss-reactive ketones (excluding diaryl/α,β-unsaturated/α-hetero) is 1. The van der Waals surface area contributed by atoms with Gasteiger partial charge in [-0.15, -0.1) is 0 Å². The van der Waals surface area contributed by atoms with Gasteiger partial charge in [0.2, 0.25) is 0 Å². The summed E-state index contributed by atoms with van der Waals surface area (Å²) in [5, 5.41) is 12.0. The number of nitrogens with one attached hydrogen (secondary N) is 1. The summed E-state index contributed by atoms with van der Waals surface area (Å²) in [5.74, 6) is -1.56. The molecule has 1 atom stereocenters. The Kier molecular flexibility index (Phi) is 12.5. The lowest BCUT2D eigenvalue weighted by molar-refractivity contribution is -0.141. The molecule has 4 heterocycles. The van der Waals surface area contributed by atoms with E-state index in [1.54, 1.807) is 30.3 Å². The molecule has 0 radical (unpaired) electrons. The number of pyridine rings is 1. The molecule has 20 heteroatoms. The number of nitrogens with zero attached hydrogens (tertiary/aromatic N) is 6. The van der Waals surface area contributed by atoms with E-state index in [0.29, 0.717) is 62.9 Å². The van der Waals surface area contributed by atoms with E-state index in [9.17, 15) is 31.9 Å². The van der Waals surface area contributed by atoms with Crippen LogP contribution in [0.5, 0.6) is 5.75 Å². The minimum atomic E-state index is -4.84. The van der Waals surface area contributed by atoms with Gasteiger partial charge in [-0.25, -0.2) is 18.9 Å². The third-order valence-corrected chi connectivity index (χ3v) is 13.0. The number of benzene rings is 2. The summed E-state index contributed by atoms with van der Waals surface area (Å²) < 4.78 is 71.6. The molecule has 5 N–H and O–H groups in total. The topological polar surface area (TPSA) is 186 Å². The maximum absolute atomic E-state index is 14.2. The molecule has 1 aliphatic heterocycles. The lowest BCUT2D eigenvalue weighted by atomic mass is 9.75. The second kappa shape index (κ2) is 17.8. The summed E-state index contributed by atoms with van der Waals surface area (Å²) in [7, 11) is 0. The average molecular weight is 941 g/mol. The summed E-state index contributed by atoms with van der Waals surface area (Å²) in [6, 6.07) is 8.62. The number of carbonyl (C=O) groups excluding carboxylic acids is 3. The highest BCUT2D eigenvalue weighted by atomic mass is 35.5. The van der Waals surface area contributed by atoms with Crippen LogP contribution >= 0.6 is 23.2 Å². The Labute approximate surface area is 381 Å². The number of hydrogen-bond donors (Lipinski definition) is 3. The van der Waals surface area contributed by atoms with Crippen molar-refractivity contribution in [3.05, 3.63) is 98.9 Å². The van der Waals surface area contributed by atoms with Gasteiger partial charge in [0, 0.05) is 65.3 Å². The number of ketones is 1. The van der Waals surface area contributed by atoms with Crippen LogP contribution in [0.25, 0.3) is 16.8 Å². The minimum Gasteiger partial charge on any atom is -0.482 e. The van der Waals surface area contributed by atoms with Crippen LogP contribution in [0.1, 0.15) is 116 Å². The highest BCUT2D eigenvalue weighted by Gasteiger charge is 2.45. The van der Waals surface area contributed by atoms with Crippen molar-refractivity contribution in [1.29, 1.82) is 0 Å². The number of piperidine rings is 1. The van der Waals surface area contributed by atoms with Gasteiger partial charge in [0.15, 0.2) is 23.0 Å². The number of rotatable bonds is 10. The number of amides is 2. The van der Waals surface area contributed by atoms with E-state index in [2.05, 4.69) is 20.5 Å². The highest BCUT2D eigenvalue weighted by Crippen LogP contribution is 2.43. The fourth-order valence-corrected chi connectivity index (χ4v) is 9.67. The molecular formula is C45H47Cl2F4N9O5. The van der Waals surface area contributed by atoms with Crippen LogP contribution in [0, 0.1) is 11.2 Å². The van der Waals surface area contributed by atoms with Crippen LogP contribution in [0.2, 0.25) is 10.0 Å². The Balaban J connectivity index is 0.853. The molecule has 2 fully saturated rings. The minimum absolute atomic E-state index is 0.0209. The van der Waals surface area contributed by atoms with E-state index in [1.807, 2.05) is 24.7 Å². The molecule has 65 heavy (non-hydrogen) atoms. The molecule has 5 aromatic rings. The van der Waals surface area contributed by atoms with E-state index in [-0.39, 0.29) is 75.2 Å². The Hall–Kier alpha value is -5.88. The maximum Gasteiger partial charge on any atom is 0.435 e. The number of primary amides is 1. The second-order valence-electron chi connectivity index (χ2n) is 17.7. The number of fused-ring (bicyclic) bond motifs is 1. The first-order valence-electron chi connectivity index (χ1n) is 21.2. The number of alkyl halides is 3. The van der Waals surface area contributed by atoms with Crippen LogP contribution in [0.4, 0.5) is 33.9 Å². The van der Waals surface area contributed by atoms with Crippen LogP contribution < -0.4 is 21.5 Å². The maximum atomic E-state index is 14.2. The fraction of sp³-hybridized carbons (Fsp3) is 0.422. The molecule has 0 spiro atoms. The Morgan fingerprint density at radius 1 is 0.985 bits per heavy atom. The van der Waals surface area contributed by atoms with Crippen molar-refractivity contribution in [2.75, 3.05) is 24.1 Å². The Bertz CT molecular complexity index is 2650. The summed E-state index contributed by atoms with van der Waals surface area (Å²) >= 11 is 12.5. The number of anilines is 2. The number of aromatic nitrogens is 5. The lowest BCUT2D eigenvalue weighted by Gasteiger charge is -2.34. The molecule has 14 nitrogen and oxygen atoms in total. The molecule has 1 saturated heterocycles. The normalized spacial score (nSPS) is 19.4. The molecule has 8 rings (SSSR count). The van der Waals surface area contributed by atoms with Crippen LogP contribution in [-0.2, 0) is 17.3 Å². The van der Waals surface area contributed by atoms with Crippen molar-refractivity contribution >= 4 is 52.5 Å². The molecule has 3 aliphatic rings. The first-order chi connectivity index (χ1) is 30.8. The zero-order chi connectivity index (χ0) is 46.5. The molecule has 0 bridgehead atoms. The number of nitrogen functional groups attached to an aromatic ring is 1. The number of hydrogen-bond acceptors (Lipinski definition) is 10. The van der Waals surface area contributed by atoms with Gasteiger partial charge in [-0.3, -0.25) is 14.3 Å². The predicted octanol–water partition coefficient (Wildman–Crippen LogP) is 9.77. The molecule has 3 aromatic heterocycles. The third-order valence-electron chi connectivity index (χ3n) is 12.3. The van der Waals surface area contributed by atoms with Crippen molar-refractivity contribution in [3.63, 3.8) is 0 Å².